The van der Waals surface area contributed by atoms with Crippen LogP contribution in [0.3, 0.4) is 0 Å². The Balaban J connectivity index is 2.58. The SMILES string of the molecule is CNCc1[nH]nc2ncc(F)cc12. The van der Waals surface area contributed by atoms with Crippen LogP contribution < -0.4 is 5.32 Å². The lowest BCUT2D eigenvalue weighted by atomic mass is 10.2. The van der Waals surface area contributed by atoms with Crippen LogP contribution in [0.5, 0.6) is 0 Å². The van der Waals surface area contributed by atoms with Gasteiger partial charge in [0, 0.05) is 11.9 Å². The second kappa shape index (κ2) is 3.10. The summed E-state index contributed by atoms with van der Waals surface area (Å²) in [5, 5.41) is 10.4. The smallest absolute Gasteiger partial charge is 0.181 e. The fraction of sp³-hybridized carbons (Fsp3) is 0.250. The molecule has 0 atom stereocenters. The maximum Gasteiger partial charge on any atom is 0.181 e. The molecule has 0 amide bonds. The Morgan fingerprint density at radius 3 is 3.23 bits per heavy atom. The number of nitrogens with zero attached hydrogens (tertiary/aromatic N) is 2. The van der Waals surface area contributed by atoms with Crippen LogP contribution in [0.25, 0.3) is 11.0 Å². The molecular weight excluding hydrogens is 171 g/mol. The molecule has 0 aliphatic carbocycles. The summed E-state index contributed by atoms with van der Waals surface area (Å²) in [6.07, 6.45) is 1.16. The molecule has 0 aliphatic heterocycles. The first-order chi connectivity index (χ1) is 6.31. The third kappa shape index (κ3) is 1.38. The van der Waals surface area contributed by atoms with E-state index in [2.05, 4.69) is 20.5 Å². The maximum absolute atomic E-state index is 12.8. The molecule has 68 valence electrons. The molecular formula is C8H9FN4. The Morgan fingerprint density at radius 2 is 2.46 bits per heavy atom. The molecule has 2 aromatic heterocycles. The zero-order valence-electron chi connectivity index (χ0n) is 7.13. The van der Waals surface area contributed by atoms with Gasteiger partial charge in [0.1, 0.15) is 5.82 Å². The number of aromatic nitrogens is 3. The zero-order valence-corrected chi connectivity index (χ0v) is 7.13. The molecule has 0 aliphatic rings. The lowest BCUT2D eigenvalue weighted by Gasteiger charge is -1.94. The van der Waals surface area contributed by atoms with Gasteiger partial charge in [-0.2, -0.15) is 5.10 Å². The van der Waals surface area contributed by atoms with Gasteiger partial charge in [0.05, 0.1) is 11.9 Å². The van der Waals surface area contributed by atoms with E-state index < -0.39 is 0 Å². The molecule has 2 heterocycles. The fourth-order valence-electron chi connectivity index (χ4n) is 1.24. The van der Waals surface area contributed by atoms with Crippen molar-refractivity contribution in [2.24, 2.45) is 0 Å². The first-order valence-corrected chi connectivity index (χ1v) is 3.94. The summed E-state index contributed by atoms with van der Waals surface area (Å²) < 4.78 is 12.8. The van der Waals surface area contributed by atoms with Crippen LogP contribution in [0.2, 0.25) is 0 Å². The molecule has 13 heavy (non-hydrogen) atoms. The van der Waals surface area contributed by atoms with Crippen molar-refractivity contribution in [3.8, 4) is 0 Å². The van der Waals surface area contributed by atoms with Gasteiger partial charge in [0.2, 0.25) is 0 Å². The van der Waals surface area contributed by atoms with Crippen molar-refractivity contribution in [2.45, 2.75) is 6.54 Å². The number of hydrogen-bond donors (Lipinski definition) is 2. The quantitative estimate of drug-likeness (QED) is 0.719. The van der Waals surface area contributed by atoms with Gasteiger partial charge in [-0.05, 0) is 13.1 Å². The van der Waals surface area contributed by atoms with E-state index in [1.807, 2.05) is 7.05 Å². The standard InChI is InChI=1S/C8H9FN4/c1-10-4-7-6-2-5(9)3-11-8(6)13-12-7/h2-3,10H,4H2,1H3,(H,11,12,13). The van der Waals surface area contributed by atoms with Crippen LogP contribution in [-0.4, -0.2) is 22.2 Å². The predicted molar refractivity (Wildman–Crippen MR) is 46.6 cm³/mol. The normalized spacial score (nSPS) is 10.9. The molecule has 5 heteroatoms. The topological polar surface area (TPSA) is 53.6 Å². The van der Waals surface area contributed by atoms with Crippen molar-refractivity contribution in [1.29, 1.82) is 0 Å². The Labute approximate surface area is 74.2 Å². The number of rotatable bonds is 2. The van der Waals surface area contributed by atoms with Crippen LogP contribution in [-0.2, 0) is 6.54 Å². The molecule has 2 N–H and O–H groups in total. The monoisotopic (exact) mass is 180 g/mol. The number of halogens is 1. The van der Waals surface area contributed by atoms with E-state index in [0.717, 1.165) is 17.3 Å². The van der Waals surface area contributed by atoms with E-state index >= 15 is 0 Å². The average Bonchev–Trinajstić information content (AvgIpc) is 2.49. The van der Waals surface area contributed by atoms with Gasteiger partial charge in [-0.1, -0.05) is 0 Å². The minimum atomic E-state index is -0.341. The van der Waals surface area contributed by atoms with Crippen LogP contribution in [0.1, 0.15) is 5.69 Å². The third-order valence-corrected chi connectivity index (χ3v) is 1.81. The molecule has 0 bridgehead atoms. The maximum atomic E-state index is 12.8. The van der Waals surface area contributed by atoms with Gasteiger partial charge >= 0.3 is 0 Å². The van der Waals surface area contributed by atoms with Crippen molar-refractivity contribution >= 4 is 11.0 Å². The van der Waals surface area contributed by atoms with Gasteiger partial charge in [-0.25, -0.2) is 9.37 Å². The number of fused-ring (bicyclic) bond motifs is 1. The summed E-state index contributed by atoms with van der Waals surface area (Å²) >= 11 is 0. The lowest BCUT2D eigenvalue weighted by molar-refractivity contribution is 0.624. The largest absolute Gasteiger partial charge is 0.314 e. The highest BCUT2D eigenvalue weighted by Crippen LogP contribution is 2.13. The minimum Gasteiger partial charge on any atom is -0.314 e. The number of pyridine rings is 1. The van der Waals surface area contributed by atoms with Gasteiger partial charge in [-0.15, -0.1) is 0 Å². The number of hydrogen-bond acceptors (Lipinski definition) is 3. The summed E-state index contributed by atoms with van der Waals surface area (Å²) in [6, 6.07) is 1.43. The van der Waals surface area contributed by atoms with Gasteiger partial charge in [-0.3, -0.25) is 5.10 Å². The van der Waals surface area contributed by atoms with Gasteiger partial charge in [0.25, 0.3) is 0 Å². The Kier molecular flexibility index (Phi) is 1.94. The van der Waals surface area contributed by atoms with Gasteiger partial charge in [0.15, 0.2) is 5.65 Å². The first-order valence-electron chi connectivity index (χ1n) is 3.94. The Bertz CT molecular complexity index is 423. The molecule has 0 spiro atoms. The van der Waals surface area contributed by atoms with Crippen LogP contribution in [0.15, 0.2) is 12.3 Å². The summed E-state index contributed by atoms with van der Waals surface area (Å²) in [7, 11) is 1.82. The molecule has 0 saturated heterocycles. The summed E-state index contributed by atoms with van der Waals surface area (Å²) in [5.74, 6) is -0.341. The highest BCUT2D eigenvalue weighted by atomic mass is 19.1. The molecule has 0 fully saturated rings. The van der Waals surface area contributed by atoms with E-state index in [1.54, 1.807) is 0 Å². The Hall–Kier alpha value is -1.49. The van der Waals surface area contributed by atoms with Crippen molar-refractivity contribution in [3.05, 3.63) is 23.8 Å². The molecule has 0 unspecified atom stereocenters. The number of H-pyrrole nitrogens is 1. The van der Waals surface area contributed by atoms with E-state index in [1.165, 1.54) is 6.07 Å². The molecule has 2 rings (SSSR count). The van der Waals surface area contributed by atoms with Crippen LogP contribution >= 0.6 is 0 Å². The van der Waals surface area contributed by atoms with Crippen LogP contribution in [0.4, 0.5) is 4.39 Å². The van der Waals surface area contributed by atoms with E-state index in [-0.39, 0.29) is 5.82 Å². The van der Waals surface area contributed by atoms with Crippen molar-refractivity contribution in [2.75, 3.05) is 7.05 Å². The molecule has 0 radical (unpaired) electrons. The summed E-state index contributed by atoms with van der Waals surface area (Å²) in [4.78, 5) is 3.84. The van der Waals surface area contributed by atoms with E-state index in [9.17, 15) is 4.39 Å². The highest BCUT2D eigenvalue weighted by Gasteiger charge is 2.05. The Morgan fingerprint density at radius 1 is 1.62 bits per heavy atom. The van der Waals surface area contributed by atoms with E-state index in [0.29, 0.717) is 12.2 Å². The number of aromatic amines is 1. The second-order valence-electron chi connectivity index (χ2n) is 2.76. The number of nitrogens with one attached hydrogen (secondary N) is 2. The molecule has 0 saturated carbocycles. The zero-order chi connectivity index (χ0) is 9.26. The first kappa shape index (κ1) is 8.12. The average molecular weight is 180 g/mol. The summed E-state index contributed by atoms with van der Waals surface area (Å²) in [5.41, 5.74) is 1.40. The van der Waals surface area contributed by atoms with Gasteiger partial charge < -0.3 is 5.32 Å². The van der Waals surface area contributed by atoms with Crippen molar-refractivity contribution in [1.82, 2.24) is 20.5 Å². The second-order valence-corrected chi connectivity index (χ2v) is 2.76. The van der Waals surface area contributed by atoms with E-state index in [4.69, 9.17) is 0 Å². The third-order valence-electron chi connectivity index (χ3n) is 1.81. The minimum absolute atomic E-state index is 0.341. The molecule has 4 nitrogen and oxygen atoms in total. The van der Waals surface area contributed by atoms with Crippen molar-refractivity contribution < 1.29 is 4.39 Å². The molecule has 0 aromatic carbocycles. The van der Waals surface area contributed by atoms with Crippen LogP contribution in [0, 0.1) is 5.82 Å². The lowest BCUT2D eigenvalue weighted by Crippen LogP contribution is -2.05. The highest BCUT2D eigenvalue weighted by molar-refractivity contribution is 5.77. The molecule has 2 aromatic rings. The van der Waals surface area contributed by atoms with Crippen molar-refractivity contribution in [3.63, 3.8) is 0 Å². The summed E-state index contributed by atoms with van der Waals surface area (Å²) in [6.45, 7) is 0.627. The fourth-order valence-corrected chi connectivity index (χ4v) is 1.24. The predicted octanol–water partition coefficient (Wildman–Crippen LogP) is 0.816.